The largest absolute Gasteiger partial charge is 0.491 e. The van der Waals surface area contributed by atoms with E-state index in [1.165, 1.54) is 5.56 Å². The first-order valence-electron chi connectivity index (χ1n) is 10.2. The molecule has 5 heteroatoms. The molecule has 0 aliphatic carbocycles. The summed E-state index contributed by atoms with van der Waals surface area (Å²) in [5.41, 5.74) is 4.47. The lowest BCUT2D eigenvalue weighted by molar-refractivity contribution is 0.0950. The third-order valence-electron chi connectivity index (χ3n) is 4.75. The summed E-state index contributed by atoms with van der Waals surface area (Å²) < 4.78 is 11.1. The Morgan fingerprint density at radius 1 is 0.903 bits per heavy atom. The molecule has 156 valence electrons. The normalized spacial score (nSPS) is 10.8. The molecule has 4 rings (SSSR count). The molecule has 0 bridgehead atoms. The van der Waals surface area contributed by atoms with Crippen molar-refractivity contribution in [3.63, 3.8) is 0 Å². The maximum absolute atomic E-state index is 12.4. The van der Waals surface area contributed by atoms with Crippen LogP contribution in [0.3, 0.4) is 0 Å². The van der Waals surface area contributed by atoms with Crippen LogP contribution in [0.2, 0.25) is 0 Å². The molecule has 4 aromatic rings. The van der Waals surface area contributed by atoms with E-state index in [-0.39, 0.29) is 18.6 Å². The average Bonchev–Trinajstić information content (AvgIpc) is 3.27. The Hall–Kier alpha value is -3.86. The molecule has 1 aromatic heterocycles. The molecule has 3 aromatic carbocycles. The predicted molar refractivity (Wildman–Crippen MR) is 121 cm³/mol. The van der Waals surface area contributed by atoms with Crippen LogP contribution in [-0.4, -0.2) is 17.2 Å². The Morgan fingerprint density at radius 3 is 2.23 bits per heavy atom. The zero-order valence-electron chi connectivity index (χ0n) is 17.5. The molecule has 1 N–H and O–H groups in total. The molecule has 5 nitrogen and oxygen atoms in total. The number of rotatable bonds is 7. The molecule has 31 heavy (non-hydrogen) atoms. The molecule has 0 aliphatic rings. The maximum atomic E-state index is 12.4. The topological polar surface area (TPSA) is 64.4 Å². The van der Waals surface area contributed by atoms with Gasteiger partial charge in [0.2, 0.25) is 0 Å². The number of ether oxygens (including phenoxy) is 1. The molecule has 0 aliphatic heterocycles. The van der Waals surface area contributed by atoms with E-state index in [1.54, 1.807) is 24.3 Å². The fourth-order valence-electron chi connectivity index (χ4n) is 3.22. The van der Waals surface area contributed by atoms with Crippen molar-refractivity contribution in [2.75, 3.05) is 0 Å². The highest BCUT2D eigenvalue weighted by Gasteiger charge is 2.10. The van der Waals surface area contributed by atoms with E-state index in [4.69, 9.17) is 9.26 Å². The van der Waals surface area contributed by atoms with E-state index in [2.05, 4.69) is 34.7 Å². The van der Waals surface area contributed by atoms with E-state index in [9.17, 15) is 4.79 Å². The number of carbonyl (C=O) groups excluding carboxylic acids is 1. The molecule has 0 saturated carbocycles. The first kappa shape index (κ1) is 20.4. The van der Waals surface area contributed by atoms with Crippen LogP contribution in [0.15, 0.2) is 89.5 Å². The van der Waals surface area contributed by atoms with E-state index in [1.807, 2.05) is 50.2 Å². The minimum absolute atomic E-state index is 0.0931. The minimum atomic E-state index is -0.173. The zero-order valence-corrected chi connectivity index (χ0v) is 17.5. The number of carbonyl (C=O) groups is 1. The van der Waals surface area contributed by atoms with E-state index in [0.29, 0.717) is 17.0 Å². The van der Waals surface area contributed by atoms with Crippen molar-refractivity contribution in [1.82, 2.24) is 10.5 Å². The van der Waals surface area contributed by atoms with Gasteiger partial charge in [-0.3, -0.25) is 4.79 Å². The molecule has 1 heterocycles. The maximum Gasteiger partial charge on any atom is 0.251 e. The van der Waals surface area contributed by atoms with Crippen LogP contribution in [0, 0.1) is 0 Å². The van der Waals surface area contributed by atoms with Crippen molar-refractivity contribution < 1.29 is 14.1 Å². The number of nitrogens with zero attached hydrogens (tertiary/aromatic N) is 1. The standard InChI is InChI=1S/C26H24N2O3/c1-18(2)30-24-14-12-22(13-15-24)26(29)27-17-23-16-25(31-28-23)21-10-8-20(9-11-21)19-6-4-3-5-7-19/h3-16,18H,17H2,1-2H3,(H,27,29). The molecular formula is C26H24N2O3. The minimum Gasteiger partial charge on any atom is -0.491 e. The van der Waals surface area contributed by atoms with E-state index >= 15 is 0 Å². The zero-order chi connectivity index (χ0) is 21.6. The van der Waals surface area contributed by atoms with Gasteiger partial charge >= 0.3 is 0 Å². The average molecular weight is 412 g/mol. The van der Waals surface area contributed by atoms with Gasteiger partial charge in [-0.25, -0.2) is 0 Å². The number of hydrogen-bond donors (Lipinski definition) is 1. The van der Waals surface area contributed by atoms with E-state index < -0.39 is 0 Å². The van der Waals surface area contributed by atoms with Gasteiger partial charge in [0.05, 0.1) is 12.6 Å². The van der Waals surface area contributed by atoms with Crippen molar-refractivity contribution >= 4 is 5.91 Å². The summed E-state index contributed by atoms with van der Waals surface area (Å²) in [7, 11) is 0. The van der Waals surface area contributed by atoms with Gasteiger partial charge in [-0.05, 0) is 49.2 Å². The predicted octanol–water partition coefficient (Wildman–Crippen LogP) is 5.73. The first-order valence-corrected chi connectivity index (χ1v) is 10.2. The Bertz CT molecular complexity index is 1130. The Kier molecular flexibility index (Phi) is 6.13. The Balaban J connectivity index is 1.36. The Morgan fingerprint density at radius 2 is 1.55 bits per heavy atom. The van der Waals surface area contributed by atoms with Crippen molar-refractivity contribution in [3.05, 3.63) is 96.2 Å². The van der Waals surface area contributed by atoms with Crippen molar-refractivity contribution in [2.24, 2.45) is 0 Å². The van der Waals surface area contributed by atoms with Gasteiger partial charge in [-0.1, -0.05) is 59.8 Å². The van der Waals surface area contributed by atoms with Crippen LogP contribution < -0.4 is 10.1 Å². The molecule has 1 amide bonds. The number of amides is 1. The van der Waals surface area contributed by atoms with Gasteiger partial charge in [-0.2, -0.15) is 0 Å². The molecule has 0 radical (unpaired) electrons. The summed E-state index contributed by atoms with van der Waals surface area (Å²) >= 11 is 0. The molecule has 0 atom stereocenters. The van der Waals surface area contributed by atoms with Gasteiger partial charge in [0, 0.05) is 17.2 Å². The van der Waals surface area contributed by atoms with E-state index in [0.717, 1.165) is 16.9 Å². The summed E-state index contributed by atoms with van der Waals surface area (Å²) in [6.07, 6.45) is 0.0931. The number of aromatic nitrogens is 1. The van der Waals surface area contributed by atoms with Crippen LogP contribution in [0.4, 0.5) is 0 Å². The second kappa shape index (κ2) is 9.30. The second-order valence-corrected chi connectivity index (χ2v) is 7.50. The second-order valence-electron chi connectivity index (χ2n) is 7.50. The molecule has 0 unspecified atom stereocenters. The molecule has 0 spiro atoms. The van der Waals surface area contributed by atoms with Gasteiger partial charge in [0.25, 0.3) is 5.91 Å². The summed E-state index contributed by atoms with van der Waals surface area (Å²) in [6.45, 7) is 4.21. The molecular weight excluding hydrogens is 388 g/mol. The summed E-state index contributed by atoms with van der Waals surface area (Å²) in [4.78, 5) is 12.4. The Labute approximate surface area is 181 Å². The van der Waals surface area contributed by atoms with Gasteiger partial charge in [0.15, 0.2) is 5.76 Å². The van der Waals surface area contributed by atoms with Crippen molar-refractivity contribution in [2.45, 2.75) is 26.5 Å². The fourth-order valence-corrected chi connectivity index (χ4v) is 3.22. The summed E-state index contributed by atoms with van der Waals surface area (Å²) in [5.74, 6) is 1.23. The highest BCUT2D eigenvalue weighted by atomic mass is 16.5. The third kappa shape index (κ3) is 5.20. The molecule has 0 fully saturated rings. The van der Waals surface area contributed by atoms with Crippen LogP contribution >= 0.6 is 0 Å². The van der Waals surface area contributed by atoms with Crippen LogP contribution in [0.5, 0.6) is 5.75 Å². The SMILES string of the molecule is CC(C)Oc1ccc(C(=O)NCc2cc(-c3ccc(-c4ccccc4)cc3)on2)cc1. The number of hydrogen-bond acceptors (Lipinski definition) is 4. The quantitative estimate of drug-likeness (QED) is 0.421. The van der Waals surface area contributed by atoms with Gasteiger partial charge in [0.1, 0.15) is 11.4 Å². The molecule has 0 saturated heterocycles. The van der Waals surface area contributed by atoms with Crippen LogP contribution in [-0.2, 0) is 6.54 Å². The smallest absolute Gasteiger partial charge is 0.251 e. The lowest BCUT2D eigenvalue weighted by Gasteiger charge is -2.10. The van der Waals surface area contributed by atoms with Gasteiger partial charge < -0.3 is 14.6 Å². The van der Waals surface area contributed by atoms with Crippen molar-refractivity contribution in [3.8, 4) is 28.2 Å². The highest BCUT2D eigenvalue weighted by Crippen LogP contribution is 2.25. The first-order chi connectivity index (χ1) is 15.1. The third-order valence-corrected chi connectivity index (χ3v) is 4.75. The number of nitrogens with one attached hydrogen (secondary N) is 1. The van der Waals surface area contributed by atoms with Crippen LogP contribution in [0.25, 0.3) is 22.5 Å². The summed E-state index contributed by atoms with van der Waals surface area (Å²) in [5, 5.41) is 6.94. The van der Waals surface area contributed by atoms with Crippen molar-refractivity contribution in [1.29, 1.82) is 0 Å². The lowest BCUT2D eigenvalue weighted by atomic mass is 10.0. The monoisotopic (exact) mass is 412 g/mol. The lowest BCUT2D eigenvalue weighted by Crippen LogP contribution is -2.22. The van der Waals surface area contributed by atoms with Gasteiger partial charge in [-0.15, -0.1) is 0 Å². The highest BCUT2D eigenvalue weighted by molar-refractivity contribution is 5.94. The van der Waals surface area contributed by atoms with Crippen LogP contribution in [0.1, 0.15) is 29.9 Å². The number of benzene rings is 3. The fraction of sp³-hybridized carbons (Fsp3) is 0.154. The summed E-state index contributed by atoms with van der Waals surface area (Å²) in [6, 6.07) is 27.3.